The van der Waals surface area contributed by atoms with E-state index in [2.05, 4.69) is 25.2 Å². The molecule has 0 unspecified atom stereocenters. The number of nitrogens with zero attached hydrogens (tertiary/aromatic N) is 2. The lowest BCUT2D eigenvalue weighted by molar-refractivity contribution is 0.102. The number of amides is 1. The molecule has 146 valence electrons. The minimum atomic E-state index is -3.85. The third-order valence-corrected chi connectivity index (χ3v) is 5.16. The number of nitrogens with one attached hydrogen (secondary N) is 3. The number of H-pyrrole nitrogens is 1. The molecule has 0 saturated heterocycles. The minimum absolute atomic E-state index is 0.0302. The maximum absolute atomic E-state index is 12.5. The van der Waals surface area contributed by atoms with Gasteiger partial charge in [0.2, 0.25) is 5.88 Å². The summed E-state index contributed by atoms with van der Waals surface area (Å²) in [7, 11) is -3.85. The van der Waals surface area contributed by atoms with Crippen LogP contribution in [-0.4, -0.2) is 36.1 Å². The zero-order chi connectivity index (χ0) is 20.1. The molecule has 11 heteroatoms. The van der Waals surface area contributed by atoms with Crippen LogP contribution in [0, 0.1) is 0 Å². The zero-order valence-electron chi connectivity index (χ0n) is 14.6. The molecule has 0 fully saturated rings. The predicted octanol–water partition coefficient (Wildman–Crippen LogP) is 2.91. The molecule has 0 saturated carbocycles. The van der Waals surface area contributed by atoms with Crippen molar-refractivity contribution in [3.63, 3.8) is 0 Å². The predicted molar refractivity (Wildman–Crippen MR) is 104 cm³/mol. The first kappa shape index (κ1) is 19.6. The number of rotatable bonds is 7. The number of aromatic amines is 1. The van der Waals surface area contributed by atoms with Gasteiger partial charge in [-0.1, -0.05) is 17.7 Å². The topological polar surface area (TPSA) is 126 Å². The molecule has 0 spiro atoms. The van der Waals surface area contributed by atoms with Gasteiger partial charge in [0.05, 0.1) is 28.4 Å². The number of aromatic nitrogens is 3. The molecule has 1 aromatic carbocycles. The van der Waals surface area contributed by atoms with Gasteiger partial charge >= 0.3 is 0 Å². The van der Waals surface area contributed by atoms with E-state index in [4.69, 9.17) is 16.3 Å². The van der Waals surface area contributed by atoms with E-state index in [-0.39, 0.29) is 32.9 Å². The Labute approximate surface area is 166 Å². The highest BCUT2D eigenvalue weighted by atomic mass is 35.5. The van der Waals surface area contributed by atoms with Crippen LogP contribution < -0.4 is 14.8 Å². The zero-order valence-corrected chi connectivity index (χ0v) is 16.2. The van der Waals surface area contributed by atoms with Gasteiger partial charge in [0, 0.05) is 18.0 Å². The van der Waals surface area contributed by atoms with Crippen molar-refractivity contribution in [1.29, 1.82) is 0 Å². The summed E-state index contributed by atoms with van der Waals surface area (Å²) in [5.41, 5.74) is 0.523. The first-order valence-corrected chi connectivity index (χ1v) is 9.97. The summed E-state index contributed by atoms with van der Waals surface area (Å²) in [5, 5.41) is 8.93. The van der Waals surface area contributed by atoms with Crippen LogP contribution in [0.25, 0.3) is 0 Å². The van der Waals surface area contributed by atoms with Crippen molar-refractivity contribution in [2.24, 2.45) is 0 Å². The number of hydrogen-bond donors (Lipinski definition) is 3. The van der Waals surface area contributed by atoms with Crippen LogP contribution >= 0.6 is 11.6 Å². The number of hydrogen-bond acceptors (Lipinski definition) is 6. The minimum Gasteiger partial charge on any atom is -0.478 e. The van der Waals surface area contributed by atoms with E-state index in [9.17, 15) is 13.2 Å². The average Bonchev–Trinajstić information content (AvgIpc) is 3.16. The first-order valence-electron chi connectivity index (χ1n) is 8.11. The second-order valence-electron chi connectivity index (χ2n) is 5.49. The van der Waals surface area contributed by atoms with Crippen LogP contribution in [0.2, 0.25) is 5.02 Å². The number of carbonyl (C=O) groups excluding carboxylic acids is 1. The number of ether oxygens (including phenoxy) is 1. The number of pyridine rings is 1. The van der Waals surface area contributed by atoms with Crippen LogP contribution in [0.5, 0.6) is 5.88 Å². The van der Waals surface area contributed by atoms with Crippen molar-refractivity contribution in [3.8, 4) is 5.88 Å². The van der Waals surface area contributed by atoms with Crippen LogP contribution in [0.4, 0.5) is 11.4 Å². The van der Waals surface area contributed by atoms with E-state index < -0.39 is 15.9 Å². The molecule has 3 aromatic rings. The van der Waals surface area contributed by atoms with E-state index in [0.717, 1.165) is 0 Å². The maximum Gasteiger partial charge on any atom is 0.275 e. The van der Waals surface area contributed by atoms with Gasteiger partial charge < -0.3 is 10.1 Å². The van der Waals surface area contributed by atoms with Crippen molar-refractivity contribution in [2.75, 3.05) is 16.6 Å². The van der Waals surface area contributed by atoms with E-state index in [1.807, 2.05) is 0 Å². The Morgan fingerprint density at radius 1 is 1.25 bits per heavy atom. The third-order valence-electron chi connectivity index (χ3n) is 3.48. The van der Waals surface area contributed by atoms with E-state index >= 15 is 0 Å². The maximum atomic E-state index is 12.5. The molecule has 3 rings (SSSR count). The highest BCUT2D eigenvalue weighted by Gasteiger charge is 2.18. The summed E-state index contributed by atoms with van der Waals surface area (Å²) < 4.78 is 32.6. The van der Waals surface area contributed by atoms with Gasteiger partial charge in [-0.15, -0.1) is 0 Å². The van der Waals surface area contributed by atoms with Gasteiger partial charge in [-0.3, -0.25) is 14.6 Å². The summed E-state index contributed by atoms with van der Waals surface area (Å²) in [4.78, 5) is 16.6. The molecule has 2 heterocycles. The highest BCUT2D eigenvalue weighted by molar-refractivity contribution is 7.92. The van der Waals surface area contributed by atoms with Gasteiger partial charge in [0.1, 0.15) is 0 Å². The lowest BCUT2D eigenvalue weighted by Gasteiger charge is -2.10. The molecule has 2 aromatic heterocycles. The number of anilines is 2. The van der Waals surface area contributed by atoms with E-state index in [0.29, 0.717) is 6.61 Å². The van der Waals surface area contributed by atoms with Crippen molar-refractivity contribution in [2.45, 2.75) is 11.8 Å². The molecule has 28 heavy (non-hydrogen) atoms. The summed E-state index contributed by atoms with van der Waals surface area (Å²) in [6, 6.07) is 8.83. The summed E-state index contributed by atoms with van der Waals surface area (Å²) in [6.07, 6.45) is 2.74. The van der Waals surface area contributed by atoms with Gasteiger partial charge in [0.15, 0.2) is 5.69 Å². The molecule has 0 radical (unpaired) electrons. The number of carbonyl (C=O) groups is 1. The molecule has 0 aliphatic heterocycles. The third kappa shape index (κ3) is 4.59. The Hall–Kier alpha value is -3.11. The second kappa shape index (κ2) is 8.28. The Kier molecular flexibility index (Phi) is 5.81. The van der Waals surface area contributed by atoms with Gasteiger partial charge in [-0.2, -0.15) is 5.10 Å². The smallest absolute Gasteiger partial charge is 0.275 e. The highest BCUT2D eigenvalue weighted by Crippen LogP contribution is 2.22. The van der Waals surface area contributed by atoms with Gasteiger partial charge in [-0.25, -0.2) is 13.4 Å². The first-order chi connectivity index (χ1) is 13.4. The van der Waals surface area contributed by atoms with Crippen LogP contribution in [0.15, 0.2) is 53.7 Å². The lowest BCUT2D eigenvalue weighted by atomic mass is 10.3. The van der Waals surface area contributed by atoms with Crippen LogP contribution in [0.1, 0.15) is 17.4 Å². The second-order valence-corrected chi connectivity index (χ2v) is 7.58. The largest absolute Gasteiger partial charge is 0.478 e. The van der Waals surface area contributed by atoms with Crippen molar-refractivity contribution in [1.82, 2.24) is 15.2 Å². The van der Waals surface area contributed by atoms with Crippen molar-refractivity contribution in [3.05, 3.63) is 59.5 Å². The number of sulfonamides is 1. The average molecular weight is 422 g/mol. The fraction of sp³-hybridized carbons (Fsp3) is 0.118. The van der Waals surface area contributed by atoms with Gasteiger partial charge in [0.25, 0.3) is 15.9 Å². The standard InChI is InChI=1S/C17H16ClN5O4S/c1-2-27-15-7-6-14(18)16(22-15)17(24)21-11-4-3-5-13(8-11)28(25,26)23-12-9-19-20-10-12/h3-10,23H,2H2,1H3,(H,19,20)(H,21,24). The Morgan fingerprint density at radius 3 is 2.79 bits per heavy atom. The molecule has 0 bridgehead atoms. The summed E-state index contributed by atoms with van der Waals surface area (Å²) >= 11 is 6.05. The number of halogens is 1. The van der Waals surface area contributed by atoms with E-state index in [1.165, 1.54) is 36.7 Å². The Bertz CT molecular complexity index is 1090. The fourth-order valence-corrected chi connectivity index (χ4v) is 3.53. The van der Waals surface area contributed by atoms with Gasteiger partial charge in [-0.05, 0) is 31.2 Å². The van der Waals surface area contributed by atoms with E-state index in [1.54, 1.807) is 19.1 Å². The van der Waals surface area contributed by atoms with Crippen molar-refractivity contribution < 1.29 is 17.9 Å². The summed E-state index contributed by atoms with van der Waals surface area (Å²) in [5.74, 6) is -0.332. The molecule has 9 nitrogen and oxygen atoms in total. The molecule has 0 atom stereocenters. The lowest BCUT2D eigenvalue weighted by Crippen LogP contribution is -2.16. The normalized spacial score (nSPS) is 11.1. The van der Waals surface area contributed by atoms with Crippen molar-refractivity contribution >= 4 is 38.9 Å². The molecular weight excluding hydrogens is 406 g/mol. The fourth-order valence-electron chi connectivity index (χ4n) is 2.26. The molecule has 0 aliphatic rings. The number of benzene rings is 1. The molecule has 3 N–H and O–H groups in total. The molecule has 0 aliphatic carbocycles. The quantitative estimate of drug-likeness (QED) is 0.538. The van der Waals surface area contributed by atoms with Crippen LogP contribution in [-0.2, 0) is 10.0 Å². The summed E-state index contributed by atoms with van der Waals surface area (Å²) in [6.45, 7) is 2.18. The Morgan fingerprint density at radius 2 is 2.07 bits per heavy atom. The molecular formula is C17H16ClN5O4S. The monoisotopic (exact) mass is 421 g/mol. The SMILES string of the molecule is CCOc1ccc(Cl)c(C(=O)Nc2cccc(S(=O)(=O)Nc3cn[nH]c3)c2)n1. The Balaban J connectivity index is 1.81. The molecule has 1 amide bonds. The van der Waals surface area contributed by atoms with Crippen LogP contribution in [0.3, 0.4) is 0 Å².